The van der Waals surface area contributed by atoms with Gasteiger partial charge in [-0.25, -0.2) is 4.98 Å². The number of amides is 1. The molecule has 0 spiro atoms. The first-order valence-electron chi connectivity index (χ1n) is 10.7. The van der Waals surface area contributed by atoms with Crippen molar-refractivity contribution in [1.29, 1.82) is 0 Å². The SMILES string of the molecule is O=C(c1ccc(Cn2cccn2)o1)N(CCc1ccccc1)c1nc(-c2ccccc2)cs1. The van der Waals surface area contributed by atoms with E-state index < -0.39 is 0 Å². The third-order valence-corrected chi connectivity index (χ3v) is 6.12. The van der Waals surface area contributed by atoms with Crippen LogP contribution in [0.15, 0.2) is 101 Å². The first-order chi connectivity index (χ1) is 16.3. The van der Waals surface area contributed by atoms with Crippen LogP contribution in [0.1, 0.15) is 21.9 Å². The van der Waals surface area contributed by atoms with Crippen LogP contribution in [0, 0.1) is 0 Å². The fraction of sp³-hybridized carbons (Fsp3) is 0.115. The molecule has 0 aliphatic carbocycles. The molecular weight excluding hydrogens is 432 g/mol. The van der Waals surface area contributed by atoms with Crippen LogP contribution < -0.4 is 4.90 Å². The molecule has 0 aliphatic heterocycles. The zero-order valence-electron chi connectivity index (χ0n) is 17.9. The Labute approximate surface area is 195 Å². The van der Waals surface area contributed by atoms with Gasteiger partial charge in [-0.05, 0) is 30.2 Å². The molecule has 164 valence electrons. The lowest BCUT2D eigenvalue weighted by Gasteiger charge is -2.19. The largest absolute Gasteiger partial charge is 0.454 e. The van der Waals surface area contributed by atoms with E-state index in [1.165, 1.54) is 11.3 Å². The van der Waals surface area contributed by atoms with Gasteiger partial charge in [0, 0.05) is 29.9 Å². The van der Waals surface area contributed by atoms with Crippen molar-refractivity contribution < 1.29 is 9.21 Å². The quantitative estimate of drug-likeness (QED) is 0.309. The van der Waals surface area contributed by atoms with Crippen LogP contribution in [0.5, 0.6) is 0 Å². The van der Waals surface area contributed by atoms with E-state index in [1.807, 2.05) is 72.2 Å². The minimum atomic E-state index is -0.202. The summed E-state index contributed by atoms with van der Waals surface area (Å²) in [7, 11) is 0. The molecule has 0 radical (unpaired) electrons. The van der Waals surface area contributed by atoms with Gasteiger partial charge in [-0.15, -0.1) is 11.3 Å². The van der Waals surface area contributed by atoms with E-state index in [4.69, 9.17) is 9.40 Å². The van der Waals surface area contributed by atoms with Crippen molar-refractivity contribution in [1.82, 2.24) is 14.8 Å². The number of carbonyl (C=O) groups excluding carboxylic acids is 1. The van der Waals surface area contributed by atoms with Crippen molar-refractivity contribution in [3.05, 3.63) is 114 Å². The molecule has 6 nitrogen and oxygen atoms in total. The van der Waals surface area contributed by atoms with Gasteiger partial charge in [-0.1, -0.05) is 60.7 Å². The number of hydrogen-bond donors (Lipinski definition) is 0. The summed E-state index contributed by atoms with van der Waals surface area (Å²) in [5.74, 6) is 0.766. The van der Waals surface area contributed by atoms with Gasteiger partial charge in [0.25, 0.3) is 5.91 Å². The van der Waals surface area contributed by atoms with Crippen LogP contribution in [0.3, 0.4) is 0 Å². The van der Waals surface area contributed by atoms with E-state index in [0.717, 1.165) is 16.8 Å². The zero-order valence-corrected chi connectivity index (χ0v) is 18.7. The molecule has 0 atom stereocenters. The molecule has 0 N–H and O–H groups in total. The summed E-state index contributed by atoms with van der Waals surface area (Å²) >= 11 is 1.46. The average Bonchev–Trinajstić information content (AvgIpc) is 3.63. The van der Waals surface area contributed by atoms with Crippen LogP contribution in [0.4, 0.5) is 5.13 Å². The summed E-state index contributed by atoms with van der Waals surface area (Å²) in [5, 5.41) is 6.83. The number of nitrogens with zero attached hydrogens (tertiary/aromatic N) is 4. The summed E-state index contributed by atoms with van der Waals surface area (Å²) in [5.41, 5.74) is 3.04. The Morgan fingerprint density at radius 1 is 0.970 bits per heavy atom. The average molecular weight is 455 g/mol. The van der Waals surface area contributed by atoms with E-state index in [-0.39, 0.29) is 5.91 Å². The monoisotopic (exact) mass is 454 g/mol. The van der Waals surface area contributed by atoms with Crippen molar-refractivity contribution >= 4 is 22.4 Å². The molecule has 7 heteroatoms. The summed E-state index contributed by atoms with van der Waals surface area (Å²) in [4.78, 5) is 20.0. The topological polar surface area (TPSA) is 64.2 Å². The standard InChI is InChI=1S/C26H22N4O2S/c31-25(24-13-12-22(32-24)18-29-16-7-15-27-29)30(17-14-20-8-3-1-4-9-20)26-28-23(19-33-26)21-10-5-2-6-11-21/h1-13,15-16,19H,14,17-18H2. The third-order valence-electron chi connectivity index (χ3n) is 5.25. The lowest BCUT2D eigenvalue weighted by molar-refractivity contribution is 0.0958. The highest BCUT2D eigenvalue weighted by atomic mass is 32.1. The van der Waals surface area contributed by atoms with Gasteiger partial charge < -0.3 is 4.42 Å². The fourth-order valence-corrected chi connectivity index (χ4v) is 4.42. The molecule has 0 bridgehead atoms. The van der Waals surface area contributed by atoms with E-state index in [1.54, 1.807) is 21.8 Å². The third kappa shape index (κ3) is 4.94. The van der Waals surface area contributed by atoms with Crippen LogP contribution in [-0.2, 0) is 13.0 Å². The number of rotatable bonds is 8. The Kier molecular flexibility index (Phi) is 6.12. The molecule has 0 unspecified atom stereocenters. The number of aromatic nitrogens is 3. The van der Waals surface area contributed by atoms with Gasteiger partial charge in [0.05, 0.1) is 12.2 Å². The Morgan fingerprint density at radius 3 is 2.52 bits per heavy atom. The highest BCUT2D eigenvalue weighted by Gasteiger charge is 2.24. The minimum Gasteiger partial charge on any atom is -0.454 e. The molecule has 3 aromatic heterocycles. The first-order valence-corrected chi connectivity index (χ1v) is 11.6. The Morgan fingerprint density at radius 2 is 1.76 bits per heavy atom. The fourth-order valence-electron chi connectivity index (χ4n) is 3.56. The summed E-state index contributed by atoms with van der Waals surface area (Å²) in [6.07, 6.45) is 4.29. The van der Waals surface area contributed by atoms with Crippen LogP contribution in [0.25, 0.3) is 11.3 Å². The van der Waals surface area contributed by atoms with Crippen molar-refractivity contribution in [2.75, 3.05) is 11.4 Å². The second kappa shape index (κ2) is 9.67. The van der Waals surface area contributed by atoms with E-state index in [2.05, 4.69) is 17.2 Å². The molecule has 5 aromatic rings. The highest BCUT2D eigenvalue weighted by molar-refractivity contribution is 7.14. The van der Waals surface area contributed by atoms with Gasteiger partial charge in [0.1, 0.15) is 5.76 Å². The molecule has 5 rings (SSSR count). The number of thiazole rings is 1. The van der Waals surface area contributed by atoms with E-state index in [9.17, 15) is 4.79 Å². The van der Waals surface area contributed by atoms with Gasteiger partial charge in [-0.3, -0.25) is 14.4 Å². The molecule has 33 heavy (non-hydrogen) atoms. The predicted octanol–water partition coefficient (Wildman–Crippen LogP) is 5.54. The maximum absolute atomic E-state index is 13.5. The zero-order chi connectivity index (χ0) is 22.5. The highest BCUT2D eigenvalue weighted by Crippen LogP contribution is 2.29. The molecule has 3 heterocycles. The van der Waals surface area contributed by atoms with Gasteiger partial charge in [0.2, 0.25) is 0 Å². The van der Waals surface area contributed by atoms with Crippen molar-refractivity contribution in [2.45, 2.75) is 13.0 Å². The molecule has 0 fully saturated rings. The Balaban J connectivity index is 1.40. The summed E-state index contributed by atoms with van der Waals surface area (Å²) in [6, 6.07) is 25.5. The second-order valence-corrected chi connectivity index (χ2v) is 8.38. The molecule has 0 aliphatic rings. The van der Waals surface area contributed by atoms with Gasteiger partial charge >= 0.3 is 0 Å². The molecule has 2 aromatic carbocycles. The second-order valence-electron chi connectivity index (χ2n) is 7.54. The van der Waals surface area contributed by atoms with E-state index in [0.29, 0.717) is 36.2 Å². The maximum atomic E-state index is 13.5. The van der Waals surface area contributed by atoms with Crippen LogP contribution in [0.2, 0.25) is 0 Å². The van der Waals surface area contributed by atoms with Crippen molar-refractivity contribution in [2.24, 2.45) is 0 Å². The number of carbonyl (C=O) groups is 1. The molecular formula is C26H22N4O2S. The predicted molar refractivity (Wildman–Crippen MR) is 129 cm³/mol. The Bertz CT molecular complexity index is 1310. The maximum Gasteiger partial charge on any atom is 0.295 e. The van der Waals surface area contributed by atoms with E-state index >= 15 is 0 Å². The Hall–Kier alpha value is -3.97. The van der Waals surface area contributed by atoms with Gasteiger partial charge in [0.15, 0.2) is 10.9 Å². The smallest absolute Gasteiger partial charge is 0.295 e. The molecule has 1 amide bonds. The minimum absolute atomic E-state index is 0.202. The summed E-state index contributed by atoms with van der Waals surface area (Å²) < 4.78 is 7.65. The number of benzene rings is 2. The molecule has 0 saturated carbocycles. The first kappa shape index (κ1) is 20.9. The van der Waals surface area contributed by atoms with Crippen molar-refractivity contribution in [3.63, 3.8) is 0 Å². The van der Waals surface area contributed by atoms with Crippen LogP contribution >= 0.6 is 11.3 Å². The molecule has 0 saturated heterocycles. The van der Waals surface area contributed by atoms with Crippen molar-refractivity contribution in [3.8, 4) is 11.3 Å². The lowest BCUT2D eigenvalue weighted by Crippen LogP contribution is -2.32. The number of hydrogen-bond acceptors (Lipinski definition) is 5. The summed E-state index contributed by atoms with van der Waals surface area (Å²) in [6.45, 7) is 0.972. The van der Waals surface area contributed by atoms with Crippen LogP contribution in [-0.4, -0.2) is 27.2 Å². The van der Waals surface area contributed by atoms with Gasteiger partial charge in [-0.2, -0.15) is 5.10 Å². The number of furan rings is 1. The number of anilines is 1. The normalized spacial score (nSPS) is 10.9. The lowest BCUT2D eigenvalue weighted by atomic mass is 10.1.